The van der Waals surface area contributed by atoms with Crippen molar-refractivity contribution in [2.24, 2.45) is 0 Å². The maximum Gasteiger partial charge on any atom is 0.193 e. The zero-order chi connectivity index (χ0) is 13.4. The van der Waals surface area contributed by atoms with Gasteiger partial charge >= 0.3 is 0 Å². The van der Waals surface area contributed by atoms with Gasteiger partial charge in [-0.1, -0.05) is 12.1 Å². The lowest BCUT2D eigenvalue weighted by atomic mass is 9.99. The first-order valence-corrected chi connectivity index (χ1v) is 7.16. The zero-order valence-electron chi connectivity index (χ0n) is 10.4. The van der Waals surface area contributed by atoms with E-state index in [1.165, 1.54) is 17.5 Å². The summed E-state index contributed by atoms with van der Waals surface area (Å²) >= 11 is 3.34. The van der Waals surface area contributed by atoms with Crippen LogP contribution in [0, 0.1) is 0 Å². The molecule has 3 heteroatoms. The minimum absolute atomic E-state index is 0.0360. The fraction of sp³-hybridized carbons (Fsp3) is 0.188. The van der Waals surface area contributed by atoms with E-state index in [1.807, 2.05) is 18.2 Å². The number of hydrogen-bond acceptors (Lipinski definition) is 2. The monoisotopic (exact) mass is 315 g/mol. The maximum absolute atomic E-state index is 12.4. The number of nitrogens with two attached hydrogens (primary N) is 1. The molecule has 0 radical (unpaired) electrons. The Morgan fingerprint density at radius 2 is 1.68 bits per heavy atom. The van der Waals surface area contributed by atoms with Gasteiger partial charge in [0.2, 0.25) is 0 Å². The van der Waals surface area contributed by atoms with Crippen LogP contribution >= 0.6 is 15.9 Å². The van der Waals surface area contributed by atoms with Crippen molar-refractivity contribution >= 4 is 27.4 Å². The van der Waals surface area contributed by atoms with Crippen LogP contribution in [-0.4, -0.2) is 5.78 Å². The molecular weight excluding hydrogens is 302 g/mol. The summed E-state index contributed by atoms with van der Waals surface area (Å²) in [5.74, 6) is 0.0360. The highest BCUT2D eigenvalue weighted by atomic mass is 79.9. The van der Waals surface area contributed by atoms with Crippen molar-refractivity contribution in [1.29, 1.82) is 0 Å². The molecule has 2 nitrogen and oxygen atoms in total. The molecule has 0 unspecified atom stereocenters. The molecular formula is C16H14BrNO. The first-order valence-electron chi connectivity index (χ1n) is 6.36. The molecule has 0 aliphatic heterocycles. The van der Waals surface area contributed by atoms with Crippen LogP contribution in [0.5, 0.6) is 0 Å². The second-order valence-electron chi connectivity index (χ2n) is 4.90. The van der Waals surface area contributed by atoms with Crippen LogP contribution in [-0.2, 0) is 12.8 Å². The Bertz CT molecular complexity index is 664. The summed E-state index contributed by atoms with van der Waals surface area (Å²) in [5, 5.41) is 0. The third kappa shape index (κ3) is 2.30. The van der Waals surface area contributed by atoms with Crippen molar-refractivity contribution < 1.29 is 4.79 Å². The molecule has 19 heavy (non-hydrogen) atoms. The number of carbonyl (C=O) groups is 1. The number of nitrogen functional groups attached to an aromatic ring is 1. The van der Waals surface area contributed by atoms with E-state index < -0.39 is 0 Å². The molecule has 1 aliphatic carbocycles. The maximum atomic E-state index is 12.4. The quantitative estimate of drug-likeness (QED) is 0.677. The largest absolute Gasteiger partial charge is 0.398 e. The van der Waals surface area contributed by atoms with Crippen molar-refractivity contribution in [3.8, 4) is 0 Å². The van der Waals surface area contributed by atoms with Crippen LogP contribution in [0.2, 0.25) is 0 Å². The smallest absolute Gasteiger partial charge is 0.193 e. The number of anilines is 1. The topological polar surface area (TPSA) is 43.1 Å². The average molecular weight is 316 g/mol. The highest BCUT2D eigenvalue weighted by molar-refractivity contribution is 9.10. The normalized spacial score (nSPS) is 13.3. The van der Waals surface area contributed by atoms with E-state index in [2.05, 4.69) is 22.0 Å². The highest BCUT2D eigenvalue weighted by Gasteiger charge is 2.15. The van der Waals surface area contributed by atoms with Gasteiger partial charge in [0.1, 0.15) is 0 Å². The predicted molar refractivity (Wildman–Crippen MR) is 80.5 cm³/mol. The van der Waals surface area contributed by atoms with E-state index in [4.69, 9.17) is 5.73 Å². The minimum atomic E-state index is 0.0360. The molecule has 0 saturated carbocycles. The Kier molecular flexibility index (Phi) is 3.15. The molecule has 2 aromatic carbocycles. The molecule has 0 bridgehead atoms. The molecule has 3 rings (SSSR count). The number of aryl methyl sites for hydroxylation is 2. The lowest BCUT2D eigenvalue weighted by Gasteiger charge is -2.06. The Labute approximate surface area is 120 Å². The van der Waals surface area contributed by atoms with Gasteiger partial charge in [0, 0.05) is 21.3 Å². The van der Waals surface area contributed by atoms with Crippen LogP contribution in [0.1, 0.15) is 33.5 Å². The first-order chi connectivity index (χ1) is 9.15. The van der Waals surface area contributed by atoms with Crippen LogP contribution in [0.15, 0.2) is 40.9 Å². The van der Waals surface area contributed by atoms with E-state index >= 15 is 0 Å². The Morgan fingerprint density at radius 3 is 2.47 bits per heavy atom. The van der Waals surface area contributed by atoms with Gasteiger partial charge < -0.3 is 5.73 Å². The summed E-state index contributed by atoms with van der Waals surface area (Å²) in [7, 11) is 0. The lowest BCUT2D eigenvalue weighted by Crippen LogP contribution is -2.03. The van der Waals surface area contributed by atoms with Crippen molar-refractivity contribution in [3.05, 3.63) is 63.1 Å². The van der Waals surface area contributed by atoms with Crippen LogP contribution in [0.25, 0.3) is 0 Å². The molecule has 0 aromatic heterocycles. The number of carbonyl (C=O) groups excluding carboxylic acids is 1. The second-order valence-corrected chi connectivity index (χ2v) is 5.76. The number of rotatable bonds is 2. The molecule has 1 aliphatic rings. The molecule has 0 atom stereocenters. The van der Waals surface area contributed by atoms with Crippen molar-refractivity contribution in [3.63, 3.8) is 0 Å². The molecule has 0 heterocycles. The Balaban J connectivity index is 1.97. The van der Waals surface area contributed by atoms with E-state index in [9.17, 15) is 4.79 Å². The summed E-state index contributed by atoms with van der Waals surface area (Å²) in [4.78, 5) is 12.4. The third-order valence-electron chi connectivity index (χ3n) is 3.62. The highest BCUT2D eigenvalue weighted by Crippen LogP contribution is 2.25. The van der Waals surface area contributed by atoms with E-state index in [0.29, 0.717) is 11.3 Å². The van der Waals surface area contributed by atoms with Crippen LogP contribution in [0.3, 0.4) is 0 Å². The van der Waals surface area contributed by atoms with Crippen LogP contribution in [0.4, 0.5) is 5.69 Å². The molecule has 0 saturated heterocycles. The van der Waals surface area contributed by atoms with Gasteiger partial charge in [-0.05, 0) is 70.6 Å². The lowest BCUT2D eigenvalue weighted by molar-refractivity contribution is 0.103. The van der Waals surface area contributed by atoms with Gasteiger partial charge in [0.05, 0.1) is 0 Å². The van der Waals surface area contributed by atoms with Gasteiger partial charge in [0.25, 0.3) is 0 Å². The number of halogens is 1. The number of ketones is 1. The third-order valence-corrected chi connectivity index (χ3v) is 4.34. The molecule has 96 valence electrons. The zero-order valence-corrected chi connectivity index (χ0v) is 12.0. The Morgan fingerprint density at radius 1 is 1.00 bits per heavy atom. The van der Waals surface area contributed by atoms with Gasteiger partial charge in [-0.15, -0.1) is 0 Å². The van der Waals surface area contributed by atoms with Crippen molar-refractivity contribution in [1.82, 2.24) is 0 Å². The molecule has 2 aromatic rings. The summed E-state index contributed by atoms with van der Waals surface area (Å²) in [6.07, 6.45) is 3.41. The molecule has 2 N–H and O–H groups in total. The van der Waals surface area contributed by atoms with Gasteiger partial charge in [-0.2, -0.15) is 0 Å². The van der Waals surface area contributed by atoms with E-state index in [0.717, 1.165) is 22.9 Å². The fourth-order valence-corrected chi connectivity index (χ4v) is 2.81. The predicted octanol–water partition coefficient (Wildman–Crippen LogP) is 3.75. The molecule has 0 fully saturated rings. The van der Waals surface area contributed by atoms with E-state index in [1.54, 1.807) is 12.1 Å². The number of fused-ring (bicyclic) bond motifs is 1. The molecule has 0 spiro atoms. The van der Waals surface area contributed by atoms with Gasteiger partial charge in [0.15, 0.2) is 5.78 Å². The second kappa shape index (κ2) is 4.82. The van der Waals surface area contributed by atoms with Crippen LogP contribution < -0.4 is 5.73 Å². The van der Waals surface area contributed by atoms with Crippen molar-refractivity contribution in [2.45, 2.75) is 19.3 Å². The fourth-order valence-electron chi connectivity index (χ4n) is 2.56. The summed E-state index contributed by atoms with van der Waals surface area (Å²) in [6, 6.07) is 11.4. The molecule has 0 amide bonds. The summed E-state index contributed by atoms with van der Waals surface area (Å²) < 4.78 is 0.818. The standard InChI is InChI=1S/C16H14BrNO/c17-14-7-6-13(9-15(14)18)16(19)12-5-4-10-2-1-3-11(10)8-12/h4-9H,1-3,18H2. The van der Waals surface area contributed by atoms with Crippen molar-refractivity contribution in [2.75, 3.05) is 5.73 Å². The number of benzene rings is 2. The van der Waals surface area contributed by atoms with E-state index in [-0.39, 0.29) is 5.78 Å². The summed E-state index contributed by atoms with van der Waals surface area (Å²) in [5.41, 5.74) is 10.5. The summed E-state index contributed by atoms with van der Waals surface area (Å²) in [6.45, 7) is 0. The SMILES string of the molecule is Nc1cc(C(=O)c2ccc3c(c2)CCC3)ccc1Br. The minimum Gasteiger partial charge on any atom is -0.398 e. The van der Waals surface area contributed by atoms with Gasteiger partial charge in [-0.25, -0.2) is 0 Å². The Hall–Kier alpha value is -1.61. The van der Waals surface area contributed by atoms with Gasteiger partial charge in [-0.3, -0.25) is 4.79 Å². The number of hydrogen-bond donors (Lipinski definition) is 1. The average Bonchev–Trinajstić information content (AvgIpc) is 2.88. The first kappa shape index (κ1) is 12.4.